The van der Waals surface area contributed by atoms with Gasteiger partial charge in [0, 0.05) is 6.42 Å². The molecule has 4 nitrogen and oxygen atoms in total. The lowest BCUT2D eigenvalue weighted by Gasteiger charge is -2.58. The van der Waals surface area contributed by atoms with Crippen molar-refractivity contribution in [1.29, 1.82) is 0 Å². The van der Waals surface area contributed by atoms with Crippen molar-refractivity contribution in [2.24, 2.45) is 46.3 Å². The van der Waals surface area contributed by atoms with Crippen LogP contribution in [0.25, 0.3) is 5.53 Å². The fourth-order valence-electron chi connectivity index (χ4n) is 8.99. The van der Waals surface area contributed by atoms with Gasteiger partial charge in [0.25, 0.3) is 0 Å². The molecule has 184 valence electrons. The zero-order valence-electron chi connectivity index (χ0n) is 21.7. The monoisotopic (exact) mass is 454 g/mol. The van der Waals surface area contributed by atoms with Gasteiger partial charge in [0.1, 0.15) is 6.10 Å². The number of hydrogen-bond acceptors (Lipinski definition) is 2. The van der Waals surface area contributed by atoms with Crippen LogP contribution in [0.3, 0.4) is 0 Å². The predicted molar refractivity (Wildman–Crippen MR) is 133 cm³/mol. The molecule has 0 spiro atoms. The van der Waals surface area contributed by atoms with Crippen LogP contribution in [-0.4, -0.2) is 23.1 Å². The average Bonchev–Trinajstić information content (AvgIpc) is 3.11. The highest BCUT2D eigenvalue weighted by atomic mass is 16.5. The lowest BCUT2D eigenvalue weighted by Crippen LogP contribution is -2.51. The third-order valence-electron chi connectivity index (χ3n) is 10.7. The van der Waals surface area contributed by atoms with Crippen molar-refractivity contribution in [3.63, 3.8) is 0 Å². The molecule has 0 heterocycles. The summed E-state index contributed by atoms with van der Waals surface area (Å²) in [6, 6.07) is 0. The molecule has 0 bridgehead atoms. The van der Waals surface area contributed by atoms with E-state index in [4.69, 9.17) is 10.3 Å². The number of esters is 1. The number of rotatable bonds is 7. The van der Waals surface area contributed by atoms with Gasteiger partial charge in [-0.15, -0.1) is 0 Å². The molecule has 4 rings (SSSR count). The van der Waals surface area contributed by atoms with E-state index in [1.165, 1.54) is 56.9 Å². The van der Waals surface area contributed by atoms with Gasteiger partial charge in [0.05, 0.1) is 0 Å². The molecule has 0 aromatic heterocycles. The van der Waals surface area contributed by atoms with Gasteiger partial charge < -0.3 is 10.3 Å². The standard InChI is InChI=1S/C29H46N2O2/c1-19(2)7-6-8-20(3)24-11-12-25-23-10-9-21-17-22(33-27(32)18-31-30)13-15-28(21,4)26(23)14-16-29(24,25)5/h9,18-20,22-26H,6-8,10-17H2,1-5H3/t20-,22-,23+,24-,25+,26+,28+,29-/m1/s1. The molecule has 0 aromatic carbocycles. The minimum Gasteiger partial charge on any atom is -0.454 e. The summed E-state index contributed by atoms with van der Waals surface area (Å²) in [5.74, 6) is 4.52. The highest BCUT2D eigenvalue weighted by Gasteiger charge is 2.59. The predicted octanol–water partition coefficient (Wildman–Crippen LogP) is 7.24. The quantitative estimate of drug-likeness (QED) is 0.134. The third kappa shape index (κ3) is 4.62. The number of carbonyl (C=O) groups excluding carboxylic acids is 1. The Bertz CT molecular complexity index is 812. The van der Waals surface area contributed by atoms with E-state index in [0.29, 0.717) is 5.41 Å². The molecule has 4 heteroatoms. The van der Waals surface area contributed by atoms with Crippen LogP contribution < -0.4 is 0 Å². The Hall–Kier alpha value is -1.41. The third-order valence-corrected chi connectivity index (χ3v) is 10.7. The van der Waals surface area contributed by atoms with Gasteiger partial charge in [-0.3, -0.25) is 0 Å². The first kappa shape index (κ1) is 24.7. The van der Waals surface area contributed by atoms with E-state index in [2.05, 4.69) is 45.5 Å². The molecule has 0 aromatic rings. The maximum atomic E-state index is 11.8. The van der Waals surface area contributed by atoms with E-state index >= 15 is 0 Å². The lowest BCUT2D eigenvalue weighted by atomic mass is 9.47. The maximum Gasteiger partial charge on any atom is 0.413 e. The summed E-state index contributed by atoms with van der Waals surface area (Å²) in [5, 5.41) is 0. The zero-order valence-corrected chi connectivity index (χ0v) is 21.7. The van der Waals surface area contributed by atoms with Crippen LogP contribution in [0.5, 0.6) is 0 Å². The fourth-order valence-corrected chi connectivity index (χ4v) is 8.99. The SMILES string of the molecule is CC(C)CCC[C@@H](C)[C@H]1CC[C@H]2[C@@H]3CC=C4C[C@H](OC(=O)C=[N+]=[N-])CC[C@]4(C)[C@H]3CC[C@]12C. The van der Waals surface area contributed by atoms with E-state index in [9.17, 15) is 4.79 Å². The Balaban J connectivity index is 1.45. The highest BCUT2D eigenvalue weighted by molar-refractivity contribution is 6.20. The molecule has 8 atom stereocenters. The van der Waals surface area contributed by atoms with Gasteiger partial charge in [0.2, 0.25) is 0 Å². The number of allylic oxidation sites excluding steroid dienone is 1. The second kappa shape index (κ2) is 9.68. The second-order valence-electron chi connectivity index (χ2n) is 12.8. The maximum absolute atomic E-state index is 11.8. The van der Waals surface area contributed by atoms with Crippen LogP contribution in [0.1, 0.15) is 105 Å². The molecular weight excluding hydrogens is 408 g/mol. The zero-order chi connectivity index (χ0) is 23.8. The van der Waals surface area contributed by atoms with Crippen LogP contribution in [0.4, 0.5) is 0 Å². The normalized spacial score (nSPS) is 40.7. The number of nitrogens with zero attached hydrogens (tertiary/aromatic N) is 2. The van der Waals surface area contributed by atoms with Gasteiger partial charge in [-0.1, -0.05) is 65.5 Å². The van der Waals surface area contributed by atoms with Crippen molar-refractivity contribution in [3.8, 4) is 0 Å². The molecule has 0 saturated heterocycles. The van der Waals surface area contributed by atoms with Gasteiger partial charge in [-0.05, 0) is 91.3 Å². The van der Waals surface area contributed by atoms with E-state index < -0.39 is 5.97 Å². The van der Waals surface area contributed by atoms with Gasteiger partial charge in [0.15, 0.2) is 0 Å². The Labute approximate surface area is 201 Å². The molecular formula is C29H46N2O2. The number of carbonyl (C=O) groups is 1. The second-order valence-corrected chi connectivity index (χ2v) is 12.8. The van der Waals surface area contributed by atoms with E-state index in [-0.39, 0.29) is 11.5 Å². The van der Waals surface area contributed by atoms with Crippen molar-refractivity contribution < 1.29 is 14.3 Å². The number of fused-ring (bicyclic) bond motifs is 5. The molecule has 4 aliphatic carbocycles. The van der Waals surface area contributed by atoms with Crippen molar-refractivity contribution in [1.82, 2.24) is 0 Å². The van der Waals surface area contributed by atoms with Crippen molar-refractivity contribution in [3.05, 3.63) is 17.2 Å². The fraction of sp³-hybridized carbons (Fsp3) is 0.862. The molecule has 0 aliphatic heterocycles. The summed E-state index contributed by atoms with van der Waals surface area (Å²) in [7, 11) is 0. The first-order valence-corrected chi connectivity index (χ1v) is 13.8. The summed E-state index contributed by atoms with van der Waals surface area (Å²) < 4.78 is 5.55. The summed E-state index contributed by atoms with van der Waals surface area (Å²) in [6.07, 6.45) is 17.2. The molecule has 3 saturated carbocycles. The van der Waals surface area contributed by atoms with Crippen LogP contribution in [-0.2, 0) is 9.53 Å². The van der Waals surface area contributed by atoms with Crippen molar-refractivity contribution in [2.45, 2.75) is 111 Å². The van der Waals surface area contributed by atoms with Crippen molar-refractivity contribution in [2.75, 3.05) is 0 Å². The smallest absolute Gasteiger partial charge is 0.413 e. The number of ether oxygens (including phenoxy) is 1. The van der Waals surface area contributed by atoms with Crippen LogP contribution in [0.2, 0.25) is 0 Å². The summed E-state index contributed by atoms with van der Waals surface area (Å²) in [4.78, 5) is 14.6. The summed E-state index contributed by atoms with van der Waals surface area (Å²) in [6.45, 7) is 12.4. The van der Waals surface area contributed by atoms with Gasteiger partial charge in [-0.25, -0.2) is 4.79 Å². The minimum atomic E-state index is -0.534. The Morgan fingerprint density at radius 1 is 1.15 bits per heavy atom. The molecule has 0 radical (unpaired) electrons. The lowest BCUT2D eigenvalue weighted by molar-refractivity contribution is -0.146. The van der Waals surface area contributed by atoms with Crippen molar-refractivity contribution >= 4 is 12.2 Å². The Morgan fingerprint density at radius 3 is 2.67 bits per heavy atom. The van der Waals surface area contributed by atoms with E-state index in [1.807, 2.05) is 0 Å². The van der Waals surface area contributed by atoms with E-state index in [0.717, 1.165) is 61.0 Å². The Morgan fingerprint density at radius 2 is 1.94 bits per heavy atom. The largest absolute Gasteiger partial charge is 0.454 e. The van der Waals surface area contributed by atoms with E-state index in [1.54, 1.807) is 0 Å². The molecule has 4 aliphatic rings. The molecule has 0 amide bonds. The van der Waals surface area contributed by atoms with Gasteiger partial charge in [-0.2, -0.15) is 4.79 Å². The first-order chi connectivity index (χ1) is 15.7. The van der Waals surface area contributed by atoms with Crippen LogP contribution in [0.15, 0.2) is 11.6 Å². The van der Waals surface area contributed by atoms with Crippen LogP contribution in [0, 0.1) is 46.3 Å². The van der Waals surface area contributed by atoms with Gasteiger partial charge >= 0.3 is 12.2 Å². The summed E-state index contributed by atoms with van der Waals surface area (Å²) in [5.41, 5.74) is 10.9. The van der Waals surface area contributed by atoms with Crippen LogP contribution >= 0.6 is 0 Å². The summed E-state index contributed by atoms with van der Waals surface area (Å²) >= 11 is 0. The molecule has 33 heavy (non-hydrogen) atoms. The molecule has 0 unspecified atom stereocenters. The average molecular weight is 455 g/mol. The Kier molecular flexibility index (Phi) is 7.25. The topological polar surface area (TPSA) is 62.7 Å². The first-order valence-electron chi connectivity index (χ1n) is 13.8. The minimum absolute atomic E-state index is 0.0808. The molecule has 3 fully saturated rings. The highest BCUT2D eigenvalue weighted by Crippen LogP contribution is 2.67. The molecule has 0 N–H and O–H groups in total. The number of hydrogen-bond donors (Lipinski definition) is 0.